The van der Waals surface area contributed by atoms with Crippen LogP contribution in [0.3, 0.4) is 0 Å². The number of hydrogen-bond acceptors (Lipinski definition) is 4. The van der Waals surface area contributed by atoms with Crippen LogP contribution in [0.2, 0.25) is 0 Å². The predicted molar refractivity (Wildman–Crippen MR) is 78.8 cm³/mol. The van der Waals surface area contributed by atoms with E-state index < -0.39 is 0 Å². The zero-order valence-corrected chi connectivity index (χ0v) is 12.6. The molecule has 116 valence electrons. The summed E-state index contributed by atoms with van der Waals surface area (Å²) in [6, 6.07) is -0.0969. The molecule has 0 aliphatic carbocycles. The van der Waals surface area contributed by atoms with Gasteiger partial charge in [0.05, 0.1) is 31.7 Å². The van der Waals surface area contributed by atoms with E-state index in [1.54, 1.807) is 23.3 Å². The average Bonchev–Trinajstić information content (AvgIpc) is 2.93. The minimum atomic E-state index is -0.0969. The van der Waals surface area contributed by atoms with Gasteiger partial charge in [0.15, 0.2) is 0 Å². The summed E-state index contributed by atoms with van der Waals surface area (Å²) in [6.07, 6.45) is 7.88. The molecule has 1 amide bonds. The summed E-state index contributed by atoms with van der Waals surface area (Å²) >= 11 is 0. The van der Waals surface area contributed by atoms with Crippen LogP contribution in [-0.4, -0.2) is 47.4 Å². The Labute approximate surface area is 125 Å². The lowest BCUT2D eigenvalue weighted by molar-refractivity contribution is -0.126. The van der Waals surface area contributed by atoms with E-state index >= 15 is 0 Å². The molecule has 21 heavy (non-hydrogen) atoms. The number of aromatic nitrogens is 2. The second kappa shape index (κ2) is 7.95. The third-order valence-corrected chi connectivity index (χ3v) is 3.33. The topological polar surface area (TPSA) is 65.4 Å². The third-order valence-electron chi connectivity index (χ3n) is 3.33. The smallest absolute Gasteiger partial charge is 0.240 e. The van der Waals surface area contributed by atoms with Gasteiger partial charge < -0.3 is 19.4 Å². The Morgan fingerprint density at radius 2 is 2.43 bits per heavy atom. The van der Waals surface area contributed by atoms with Crippen molar-refractivity contribution in [3.8, 4) is 0 Å². The van der Waals surface area contributed by atoms with E-state index in [0.29, 0.717) is 19.8 Å². The maximum atomic E-state index is 12.0. The van der Waals surface area contributed by atoms with Gasteiger partial charge in [-0.2, -0.15) is 0 Å². The lowest BCUT2D eigenvalue weighted by atomic mass is 10.1. The fourth-order valence-electron chi connectivity index (χ4n) is 2.19. The molecule has 1 aliphatic rings. The summed E-state index contributed by atoms with van der Waals surface area (Å²) in [6.45, 7) is 6.08. The first-order valence-electron chi connectivity index (χ1n) is 7.23. The van der Waals surface area contributed by atoms with E-state index in [0.717, 1.165) is 6.42 Å². The molecule has 1 aromatic rings. The number of carbonyl (C=O) groups excluding carboxylic acids is 1. The summed E-state index contributed by atoms with van der Waals surface area (Å²) in [5.41, 5.74) is 1.22. The minimum Gasteiger partial charge on any atom is -0.379 e. The Balaban J connectivity index is 1.83. The first-order chi connectivity index (χ1) is 10.1. The Morgan fingerprint density at radius 1 is 1.57 bits per heavy atom. The Hall–Kier alpha value is -1.66. The number of amides is 1. The molecule has 0 unspecified atom stereocenters. The third kappa shape index (κ3) is 5.32. The van der Waals surface area contributed by atoms with Gasteiger partial charge in [0.25, 0.3) is 0 Å². The Bertz CT molecular complexity index is 467. The number of allylic oxidation sites excluding steroid dienone is 1. The molecule has 2 heterocycles. The summed E-state index contributed by atoms with van der Waals surface area (Å²) in [5.74, 6) is -0.0562. The number of ether oxygens (including phenoxy) is 2. The SMILES string of the molecule is CC(C)=CCO[C@H]1CCOC[C@H]1NC(=O)Cn1ccnc1. The van der Waals surface area contributed by atoms with Crippen LogP contribution in [0, 0.1) is 0 Å². The highest BCUT2D eigenvalue weighted by Gasteiger charge is 2.27. The summed E-state index contributed by atoms with van der Waals surface area (Å²) in [7, 11) is 0. The van der Waals surface area contributed by atoms with Crippen molar-refractivity contribution in [1.82, 2.24) is 14.9 Å². The van der Waals surface area contributed by atoms with Gasteiger partial charge in [0.1, 0.15) is 6.54 Å². The molecule has 1 aliphatic heterocycles. The van der Waals surface area contributed by atoms with Crippen molar-refractivity contribution in [3.63, 3.8) is 0 Å². The van der Waals surface area contributed by atoms with Crippen LogP contribution < -0.4 is 5.32 Å². The zero-order valence-electron chi connectivity index (χ0n) is 12.6. The van der Waals surface area contributed by atoms with Crippen LogP contribution in [0.5, 0.6) is 0 Å². The second-order valence-electron chi connectivity index (χ2n) is 5.43. The number of nitrogens with one attached hydrogen (secondary N) is 1. The second-order valence-corrected chi connectivity index (χ2v) is 5.43. The molecule has 0 bridgehead atoms. The van der Waals surface area contributed by atoms with Gasteiger partial charge in [-0.25, -0.2) is 4.98 Å². The van der Waals surface area contributed by atoms with Crippen molar-refractivity contribution < 1.29 is 14.3 Å². The molecular formula is C15H23N3O3. The molecule has 1 fully saturated rings. The summed E-state index contributed by atoms with van der Waals surface area (Å²) in [4.78, 5) is 15.9. The van der Waals surface area contributed by atoms with Crippen molar-refractivity contribution >= 4 is 5.91 Å². The van der Waals surface area contributed by atoms with E-state index in [1.165, 1.54) is 5.57 Å². The number of carbonyl (C=O) groups is 1. The number of imidazole rings is 1. The van der Waals surface area contributed by atoms with Crippen LogP contribution in [0.1, 0.15) is 20.3 Å². The first kappa shape index (κ1) is 15.7. The fourth-order valence-corrected chi connectivity index (χ4v) is 2.19. The first-order valence-corrected chi connectivity index (χ1v) is 7.23. The standard InChI is InChI=1S/C15H23N3O3/c1-12(2)3-8-21-14-4-7-20-10-13(14)17-15(19)9-18-6-5-16-11-18/h3,5-6,11,13-14H,4,7-10H2,1-2H3,(H,17,19)/t13-,14+/m1/s1. The summed E-state index contributed by atoms with van der Waals surface area (Å²) < 4.78 is 13.0. The van der Waals surface area contributed by atoms with Crippen molar-refractivity contribution in [2.45, 2.75) is 39.0 Å². The molecule has 2 atom stereocenters. The van der Waals surface area contributed by atoms with Crippen molar-refractivity contribution in [3.05, 3.63) is 30.4 Å². The van der Waals surface area contributed by atoms with E-state index in [1.807, 2.05) is 19.9 Å². The number of rotatable bonds is 6. The number of nitrogens with zero attached hydrogens (tertiary/aromatic N) is 2. The van der Waals surface area contributed by atoms with E-state index in [-0.39, 0.29) is 24.6 Å². The lowest BCUT2D eigenvalue weighted by Crippen LogP contribution is -2.51. The quantitative estimate of drug-likeness (QED) is 0.799. The van der Waals surface area contributed by atoms with Gasteiger partial charge in [-0.05, 0) is 20.3 Å². The van der Waals surface area contributed by atoms with E-state index in [9.17, 15) is 4.79 Å². The Morgan fingerprint density at radius 3 is 3.14 bits per heavy atom. The monoisotopic (exact) mass is 293 g/mol. The fraction of sp³-hybridized carbons (Fsp3) is 0.600. The number of hydrogen-bond donors (Lipinski definition) is 1. The molecule has 0 radical (unpaired) electrons. The van der Waals surface area contributed by atoms with Crippen LogP contribution in [0.4, 0.5) is 0 Å². The van der Waals surface area contributed by atoms with E-state index in [2.05, 4.69) is 10.3 Å². The van der Waals surface area contributed by atoms with Crippen LogP contribution in [0.15, 0.2) is 30.4 Å². The normalized spacial score (nSPS) is 21.8. The van der Waals surface area contributed by atoms with Gasteiger partial charge in [-0.1, -0.05) is 11.6 Å². The Kier molecular flexibility index (Phi) is 5.95. The molecule has 2 rings (SSSR count). The van der Waals surface area contributed by atoms with Crippen LogP contribution >= 0.6 is 0 Å². The van der Waals surface area contributed by atoms with Gasteiger partial charge in [-0.3, -0.25) is 4.79 Å². The van der Waals surface area contributed by atoms with Gasteiger partial charge in [0, 0.05) is 19.0 Å². The summed E-state index contributed by atoms with van der Waals surface area (Å²) in [5, 5.41) is 2.99. The minimum absolute atomic E-state index is 0.00101. The molecule has 0 spiro atoms. The highest BCUT2D eigenvalue weighted by Crippen LogP contribution is 2.12. The van der Waals surface area contributed by atoms with Gasteiger partial charge in [0.2, 0.25) is 5.91 Å². The molecule has 1 saturated heterocycles. The largest absolute Gasteiger partial charge is 0.379 e. The van der Waals surface area contributed by atoms with E-state index in [4.69, 9.17) is 9.47 Å². The van der Waals surface area contributed by atoms with Crippen molar-refractivity contribution in [1.29, 1.82) is 0 Å². The molecule has 0 aromatic carbocycles. The molecule has 6 heteroatoms. The maximum Gasteiger partial charge on any atom is 0.240 e. The molecule has 1 aromatic heterocycles. The van der Waals surface area contributed by atoms with Crippen molar-refractivity contribution in [2.24, 2.45) is 0 Å². The van der Waals surface area contributed by atoms with Gasteiger partial charge >= 0.3 is 0 Å². The molecule has 0 saturated carbocycles. The predicted octanol–water partition coefficient (Wildman–Crippen LogP) is 1.14. The highest BCUT2D eigenvalue weighted by atomic mass is 16.5. The van der Waals surface area contributed by atoms with Crippen LogP contribution in [0.25, 0.3) is 0 Å². The molecular weight excluding hydrogens is 270 g/mol. The lowest BCUT2D eigenvalue weighted by Gasteiger charge is -2.31. The highest BCUT2D eigenvalue weighted by molar-refractivity contribution is 5.76. The van der Waals surface area contributed by atoms with Crippen molar-refractivity contribution in [2.75, 3.05) is 19.8 Å². The van der Waals surface area contributed by atoms with Crippen LogP contribution in [-0.2, 0) is 20.8 Å². The average molecular weight is 293 g/mol. The zero-order chi connectivity index (χ0) is 15.1. The van der Waals surface area contributed by atoms with Gasteiger partial charge in [-0.15, -0.1) is 0 Å². The molecule has 6 nitrogen and oxygen atoms in total. The maximum absolute atomic E-state index is 12.0. The molecule has 1 N–H and O–H groups in total.